The average Bonchev–Trinajstić information content (AvgIpc) is 2.74. The van der Waals surface area contributed by atoms with Crippen LogP contribution in [0, 0.1) is 5.92 Å². The lowest BCUT2D eigenvalue weighted by Gasteiger charge is -2.31. The molecule has 0 saturated carbocycles. The molecular formula is C21H20ClN3O3S. The van der Waals surface area contributed by atoms with Crippen molar-refractivity contribution in [2.24, 2.45) is 5.92 Å². The second kappa shape index (κ2) is 8.10. The van der Waals surface area contributed by atoms with Gasteiger partial charge in [-0.15, -0.1) is 0 Å². The maximum Gasteiger partial charge on any atom is 0.243 e. The number of fused-ring (bicyclic) bond motifs is 1. The summed E-state index contributed by atoms with van der Waals surface area (Å²) in [6, 6.07) is 15.4. The first-order valence-corrected chi connectivity index (χ1v) is 11.2. The predicted molar refractivity (Wildman–Crippen MR) is 113 cm³/mol. The Labute approximate surface area is 174 Å². The number of benzene rings is 2. The molecule has 150 valence electrons. The van der Waals surface area contributed by atoms with E-state index in [9.17, 15) is 13.2 Å². The van der Waals surface area contributed by atoms with E-state index >= 15 is 0 Å². The van der Waals surface area contributed by atoms with Gasteiger partial charge < -0.3 is 5.32 Å². The molecule has 0 aliphatic carbocycles. The van der Waals surface area contributed by atoms with E-state index in [4.69, 9.17) is 11.6 Å². The minimum Gasteiger partial charge on any atom is -0.324 e. The molecule has 1 aliphatic rings. The second-order valence-electron chi connectivity index (χ2n) is 7.03. The molecule has 1 aliphatic heterocycles. The third-order valence-electron chi connectivity index (χ3n) is 5.10. The lowest BCUT2D eigenvalue weighted by atomic mass is 9.98. The predicted octanol–water partition coefficient (Wildman–Crippen LogP) is 3.93. The van der Waals surface area contributed by atoms with Crippen molar-refractivity contribution in [3.8, 4) is 0 Å². The van der Waals surface area contributed by atoms with Crippen molar-refractivity contribution in [2.75, 3.05) is 18.4 Å². The summed E-state index contributed by atoms with van der Waals surface area (Å²) in [7, 11) is -3.67. The third-order valence-corrected chi connectivity index (χ3v) is 7.23. The molecule has 1 N–H and O–H groups in total. The van der Waals surface area contributed by atoms with Crippen LogP contribution in [0.3, 0.4) is 0 Å². The zero-order chi connectivity index (χ0) is 20.4. The molecule has 3 aromatic rings. The highest BCUT2D eigenvalue weighted by molar-refractivity contribution is 7.89. The number of piperidine rings is 1. The minimum atomic E-state index is -3.67. The summed E-state index contributed by atoms with van der Waals surface area (Å²) in [4.78, 5) is 17.4. The van der Waals surface area contributed by atoms with Gasteiger partial charge in [0.05, 0.1) is 22.0 Å². The summed E-state index contributed by atoms with van der Waals surface area (Å²) >= 11 is 5.86. The average molecular weight is 430 g/mol. The first-order valence-electron chi connectivity index (χ1n) is 9.35. The van der Waals surface area contributed by atoms with Crippen LogP contribution in [0.4, 0.5) is 5.69 Å². The third kappa shape index (κ3) is 4.12. The molecule has 1 unspecified atom stereocenters. The fraction of sp³-hybridized carbons (Fsp3) is 0.238. The van der Waals surface area contributed by atoms with E-state index in [0.717, 1.165) is 5.39 Å². The zero-order valence-corrected chi connectivity index (χ0v) is 17.2. The number of nitrogens with zero attached hydrogens (tertiary/aromatic N) is 2. The van der Waals surface area contributed by atoms with Gasteiger partial charge in [0.2, 0.25) is 15.9 Å². The molecule has 2 aromatic carbocycles. The number of aromatic nitrogens is 1. The van der Waals surface area contributed by atoms with E-state index in [-0.39, 0.29) is 17.3 Å². The Kier molecular flexibility index (Phi) is 5.54. The highest BCUT2D eigenvalue weighted by Crippen LogP contribution is 2.27. The number of anilines is 1. The van der Waals surface area contributed by atoms with Gasteiger partial charge in [0, 0.05) is 29.7 Å². The zero-order valence-electron chi connectivity index (χ0n) is 15.6. The molecule has 1 fully saturated rings. The van der Waals surface area contributed by atoms with Gasteiger partial charge in [0.25, 0.3) is 0 Å². The number of carbonyl (C=O) groups is 1. The van der Waals surface area contributed by atoms with E-state index < -0.39 is 15.9 Å². The highest BCUT2D eigenvalue weighted by atomic mass is 35.5. The van der Waals surface area contributed by atoms with Gasteiger partial charge in [-0.05, 0) is 49.2 Å². The molecule has 6 nitrogen and oxygen atoms in total. The van der Waals surface area contributed by atoms with Crippen LogP contribution in [-0.2, 0) is 14.8 Å². The Balaban J connectivity index is 1.52. The Morgan fingerprint density at radius 3 is 2.66 bits per heavy atom. The van der Waals surface area contributed by atoms with Gasteiger partial charge in [-0.1, -0.05) is 29.8 Å². The van der Waals surface area contributed by atoms with Gasteiger partial charge in [-0.2, -0.15) is 4.31 Å². The normalized spacial score (nSPS) is 17.9. The monoisotopic (exact) mass is 429 g/mol. The van der Waals surface area contributed by atoms with Crippen LogP contribution in [0.1, 0.15) is 12.8 Å². The van der Waals surface area contributed by atoms with Crippen molar-refractivity contribution in [1.29, 1.82) is 0 Å². The quantitative estimate of drug-likeness (QED) is 0.681. The summed E-state index contributed by atoms with van der Waals surface area (Å²) in [6.07, 6.45) is 2.94. The number of rotatable bonds is 4. The highest BCUT2D eigenvalue weighted by Gasteiger charge is 2.33. The lowest BCUT2D eigenvalue weighted by Crippen LogP contribution is -2.43. The Hall–Kier alpha value is -2.48. The number of pyridine rings is 1. The van der Waals surface area contributed by atoms with Crippen LogP contribution in [0.2, 0.25) is 5.02 Å². The Morgan fingerprint density at radius 2 is 1.86 bits per heavy atom. The van der Waals surface area contributed by atoms with Crippen molar-refractivity contribution >= 4 is 44.1 Å². The molecule has 8 heteroatoms. The van der Waals surface area contributed by atoms with E-state index in [1.807, 2.05) is 24.3 Å². The van der Waals surface area contributed by atoms with Crippen molar-refractivity contribution < 1.29 is 13.2 Å². The molecule has 0 bridgehead atoms. The number of amides is 1. The molecule has 0 spiro atoms. The van der Waals surface area contributed by atoms with E-state index in [0.29, 0.717) is 35.6 Å². The van der Waals surface area contributed by atoms with Crippen molar-refractivity contribution in [3.05, 3.63) is 65.8 Å². The first-order chi connectivity index (χ1) is 13.9. The van der Waals surface area contributed by atoms with Gasteiger partial charge >= 0.3 is 0 Å². The van der Waals surface area contributed by atoms with Crippen molar-refractivity contribution in [2.45, 2.75) is 17.7 Å². The minimum absolute atomic E-state index is 0.148. The number of sulfonamides is 1. The Morgan fingerprint density at radius 1 is 1.10 bits per heavy atom. The first kappa shape index (κ1) is 19.8. The summed E-state index contributed by atoms with van der Waals surface area (Å²) in [5, 5.41) is 4.34. The molecule has 29 heavy (non-hydrogen) atoms. The topological polar surface area (TPSA) is 79.4 Å². The fourth-order valence-electron chi connectivity index (χ4n) is 3.57. The van der Waals surface area contributed by atoms with Crippen LogP contribution in [0.15, 0.2) is 65.7 Å². The maximum absolute atomic E-state index is 12.9. The van der Waals surface area contributed by atoms with E-state index in [1.54, 1.807) is 24.4 Å². The number of hydrogen-bond acceptors (Lipinski definition) is 4. The number of carbonyl (C=O) groups excluding carboxylic acids is 1. The largest absolute Gasteiger partial charge is 0.324 e. The maximum atomic E-state index is 12.9. The van der Waals surface area contributed by atoms with E-state index in [1.165, 1.54) is 16.4 Å². The number of para-hydroxylation sites is 1. The molecule has 0 radical (unpaired) electrons. The summed E-state index contributed by atoms with van der Waals surface area (Å²) < 4.78 is 27.3. The smallest absolute Gasteiger partial charge is 0.243 e. The molecule has 1 atom stereocenters. The molecule has 2 heterocycles. The molecule has 4 rings (SSSR count). The molecule has 1 amide bonds. The van der Waals surface area contributed by atoms with Crippen LogP contribution < -0.4 is 5.32 Å². The summed E-state index contributed by atoms with van der Waals surface area (Å²) in [5.74, 6) is -0.621. The number of hydrogen-bond donors (Lipinski definition) is 1. The van der Waals surface area contributed by atoms with Gasteiger partial charge in [0.1, 0.15) is 0 Å². The van der Waals surface area contributed by atoms with Crippen molar-refractivity contribution in [3.63, 3.8) is 0 Å². The van der Waals surface area contributed by atoms with Crippen LogP contribution in [-0.4, -0.2) is 36.7 Å². The fourth-order valence-corrected chi connectivity index (χ4v) is 5.22. The second-order valence-corrected chi connectivity index (χ2v) is 9.40. The van der Waals surface area contributed by atoms with Gasteiger partial charge in [-0.25, -0.2) is 8.42 Å². The van der Waals surface area contributed by atoms with Crippen LogP contribution >= 0.6 is 11.6 Å². The summed E-state index contributed by atoms with van der Waals surface area (Å²) in [5.41, 5.74) is 1.34. The van der Waals surface area contributed by atoms with Gasteiger partial charge in [-0.3, -0.25) is 9.78 Å². The van der Waals surface area contributed by atoms with Crippen LogP contribution in [0.5, 0.6) is 0 Å². The number of halogens is 1. The number of nitrogens with one attached hydrogen (secondary N) is 1. The van der Waals surface area contributed by atoms with E-state index in [2.05, 4.69) is 10.3 Å². The van der Waals surface area contributed by atoms with Crippen LogP contribution in [0.25, 0.3) is 10.9 Å². The standard InChI is InChI=1S/C21H20ClN3O3S/c22-17-8-10-18(11-9-17)29(27,28)25-13-3-6-16(14-25)21(26)24-19-7-1-4-15-5-2-12-23-20(15)19/h1-2,4-5,7-12,16H,3,6,13-14H2,(H,24,26). The molecular weight excluding hydrogens is 410 g/mol. The molecule has 1 aromatic heterocycles. The summed E-state index contributed by atoms with van der Waals surface area (Å²) in [6.45, 7) is 0.541. The van der Waals surface area contributed by atoms with Crippen molar-refractivity contribution in [1.82, 2.24) is 9.29 Å². The molecule has 1 saturated heterocycles. The van der Waals surface area contributed by atoms with Gasteiger partial charge in [0.15, 0.2) is 0 Å². The Bertz CT molecular complexity index is 1140. The lowest BCUT2D eigenvalue weighted by molar-refractivity contribution is -0.120. The SMILES string of the molecule is O=C(Nc1cccc2cccnc12)C1CCCN(S(=O)(=O)c2ccc(Cl)cc2)C1.